The van der Waals surface area contributed by atoms with Gasteiger partial charge in [0.1, 0.15) is 5.69 Å². The van der Waals surface area contributed by atoms with Gasteiger partial charge in [0.15, 0.2) is 0 Å². The molecule has 1 saturated heterocycles. The molecule has 1 fully saturated rings. The van der Waals surface area contributed by atoms with Crippen molar-refractivity contribution in [1.29, 1.82) is 0 Å². The van der Waals surface area contributed by atoms with Crippen molar-refractivity contribution >= 4 is 17.5 Å². The Labute approximate surface area is 147 Å². The van der Waals surface area contributed by atoms with Crippen molar-refractivity contribution in [2.24, 2.45) is 0 Å². The first-order valence-corrected chi connectivity index (χ1v) is 8.73. The maximum atomic E-state index is 12.5. The molecule has 0 bridgehead atoms. The smallest absolute Gasteiger partial charge is 0.270 e. The molecule has 0 aromatic carbocycles. The van der Waals surface area contributed by atoms with Crippen LogP contribution in [0.25, 0.3) is 0 Å². The van der Waals surface area contributed by atoms with E-state index in [4.69, 9.17) is 11.6 Å². The number of halogens is 1. The molecular formula is C18H23ClN4O. The molecule has 0 saturated carbocycles. The van der Waals surface area contributed by atoms with E-state index < -0.39 is 0 Å². The average molecular weight is 347 g/mol. The minimum atomic E-state index is 0.0112. The number of H-pyrrole nitrogens is 1. The van der Waals surface area contributed by atoms with Crippen LogP contribution in [0.4, 0.5) is 0 Å². The molecular weight excluding hydrogens is 324 g/mol. The summed E-state index contributed by atoms with van der Waals surface area (Å²) in [5, 5.41) is 0.567. The van der Waals surface area contributed by atoms with Crippen LogP contribution in [0.2, 0.25) is 5.02 Å². The van der Waals surface area contributed by atoms with Gasteiger partial charge in [-0.3, -0.25) is 9.78 Å². The number of pyridine rings is 1. The summed E-state index contributed by atoms with van der Waals surface area (Å²) in [4.78, 5) is 23.8. The average Bonchev–Trinajstić information content (AvgIpc) is 3.06. The first kappa shape index (κ1) is 17.0. The Hall–Kier alpha value is -1.85. The molecule has 5 nitrogen and oxygen atoms in total. The molecule has 24 heavy (non-hydrogen) atoms. The van der Waals surface area contributed by atoms with Crippen molar-refractivity contribution in [3.05, 3.63) is 53.1 Å². The number of rotatable bonds is 5. The maximum absolute atomic E-state index is 12.5. The number of hydrogen-bond acceptors (Lipinski definition) is 3. The largest absolute Gasteiger partial charge is 0.356 e. The van der Waals surface area contributed by atoms with Crippen LogP contribution in [-0.4, -0.2) is 58.4 Å². The molecule has 0 radical (unpaired) electrons. The van der Waals surface area contributed by atoms with Crippen molar-refractivity contribution in [1.82, 2.24) is 19.8 Å². The Kier molecular flexibility index (Phi) is 5.53. The van der Waals surface area contributed by atoms with Crippen LogP contribution in [0.5, 0.6) is 0 Å². The second kappa shape index (κ2) is 7.81. The molecule has 0 atom stereocenters. The Balaban J connectivity index is 1.47. The molecule has 2 aromatic heterocycles. The van der Waals surface area contributed by atoms with E-state index in [1.54, 1.807) is 12.3 Å². The molecule has 3 rings (SSSR count). The summed E-state index contributed by atoms with van der Waals surface area (Å²) in [5.41, 5.74) is 1.88. The van der Waals surface area contributed by atoms with E-state index in [2.05, 4.69) is 27.0 Å². The second-order valence-corrected chi connectivity index (χ2v) is 6.76. The highest BCUT2D eigenvalue weighted by molar-refractivity contribution is 6.30. The fourth-order valence-electron chi connectivity index (χ4n) is 3.21. The highest BCUT2D eigenvalue weighted by Crippen LogP contribution is 2.19. The standard InChI is InChI=1S/C18H23ClN4O/c1-22(18(24)17-12-15(19)13-21-17)16-5-10-23(11-6-16)9-4-14-2-7-20-8-3-14/h2-3,7-8,12-13,16,21H,4-6,9-11H2,1H3. The van der Waals surface area contributed by atoms with E-state index in [1.165, 1.54) is 5.56 Å². The minimum absolute atomic E-state index is 0.0112. The number of aromatic amines is 1. The van der Waals surface area contributed by atoms with Gasteiger partial charge in [0.2, 0.25) is 0 Å². The van der Waals surface area contributed by atoms with Gasteiger partial charge in [-0.15, -0.1) is 0 Å². The van der Waals surface area contributed by atoms with Gasteiger partial charge in [-0.05, 0) is 43.0 Å². The van der Waals surface area contributed by atoms with E-state index >= 15 is 0 Å². The minimum Gasteiger partial charge on any atom is -0.356 e. The predicted molar refractivity (Wildman–Crippen MR) is 95.3 cm³/mol. The molecule has 1 amide bonds. The fraction of sp³-hybridized carbons (Fsp3) is 0.444. The van der Waals surface area contributed by atoms with Crippen molar-refractivity contribution in [3.63, 3.8) is 0 Å². The lowest BCUT2D eigenvalue weighted by atomic mass is 10.0. The van der Waals surface area contributed by atoms with Crippen LogP contribution in [0.1, 0.15) is 28.9 Å². The Bertz CT molecular complexity index is 665. The van der Waals surface area contributed by atoms with Crippen molar-refractivity contribution in [2.45, 2.75) is 25.3 Å². The molecule has 0 aliphatic carbocycles. The van der Waals surface area contributed by atoms with Gasteiger partial charge in [0.25, 0.3) is 5.91 Å². The van der Waals surface area contributed by atoms with Crippen molar-refractivity contribution in [3.8, 4) is 0 Å². The number of aromatic nitrogens is 2. The molecule has 0 unspecified atom stereocenters. The quantitative estimate of drug-likeness (QED) is 0.905. The molecule has 2 aromatic rings. The van der Waals surface area contributed by atoms with Crippen molar-refractivity contribution in [2.75, 3.05) is 26.7 Å². The van der Waals surface area contributed by atoms with Crippen LogP contribution in [0.15, 0.2) is 36.8 Å². The SMILES string of the molecule is CN(C(=O)c1cc(Cl)c[nH]1)C1CCN(CCc2ccncc2)CC1. The number of carbonyl (C=O) groups is 1. The van der Waals surface area contributed by atoms with Gasteiger partial charge < -0.3 is 14.8 Å². The number of likely N-dealkylation sites (tertiary alicyclic amines) is 1. The first-order valence-electron chi connectivity index (χ1n) is 8.36. The molecule has 0 spiro atoms. The molecule has 1 aliphatic heterocycles. The molecule has 6 heteroatoms. The summed E-state index contributed by atoms with van der Waals surface area (Å²) in [7, 11) is 1.88. The van der Waals surface area contributed by atoms with Crippen molar-refractivity contribution < 1.29 is 4.79 Å². The third-order valence-corrected chi connectivity index (χ3v) is 4.99. The zero-order valence-electron chi connectivity index (χ0n) is 13.9. The number of amides is 1. The van der Waals surface area contributed by atoms with E-state index in [-0.39, 0.29) is 11.9 Å². The third kappa shape index (κ3) is 4.16. The Morgan fingerprint density at radius 3 is 2.71 bits per heavy atom. The molecule has 1 N–H and O–H groups in total. The number of carbonyl (C=O) groups excluding carboxylic acids is 1. The number of nitrogens with one attached hydrogen (secondary N) is 1. The molecule has 128 valence electrons. The Morgan fingerprint density at radius 1 is 1.38 bits per heavy atom. The summed E-state index contributed by atoms with van der Waals surface area (Å²) in [6.45, 7) is 3.11. The molecule has 1 aliphatic rings. The summed E-state index contributed by atoms with van der Waals surface area (Å²) < 4.78 is 0. The van der Waals surface area contributed by atoms with E-state index in [0.29, 0.717) is 10.7 Å². The number of piperidine rings is 1. The second-order valence-electron chi connectivity index (χ2n) is 6.33. The monoisotopic (exact) mass is 346 g/mol. The summed E-state index contributed by atoms with van der Waals surface area (Å²) in [6.07, 6.45) is 8.39. The van der Waals surface area contributed by atoms with Gasteiger partial charge in [-0.1, -0.05) is 11.6 Å². The lowest BCUT2D eigenvalue weighted by Crippen LogP contribution is -2.46. The summed E-state index contributed by atoms with van der Waals surface area (Å²) in [5.74, 6) is 0.0112. The van der Waals surface area contributed by atoms with Crippen LogP contribution < -0.4 is 0 Å². The van der Waals surface area contributed by atoms with Gasteiger partial charge in [-0.2, -0.15) is 0 Å². The zero-order chi connectivity index (χ0) is 16.9. The number of hydrogen-bond donors (Lipinski definition) is 1. The van der Waals surface area contributed by atoms with E-state index in [9.17, 15) is 4.79 Å². The Morgan fingerprint density at radius 2 is 2.08 bits per heavy atom. The van der Waals surface area contributed by atoms with Crippen LogP contribution in [0.3, 0.4) is 0 Å². The topological polar surface area (TPSA) is 52.2 Å². The van der Waals surface area contributed by atoms with Crippen LogP contribution in [-0.2, 0) is 6.42 Å². The van der Waals surface area contributed by atoms with Crippen LogP contribution >= 0.6 is 11.6 Å². The first-order chi connectivity index (χ1) is 11.6. The highest BCUT2D eigenvalue weighted by Gasteiger charge is 2.26. The zero-order valence-corrected chi connectivity index (χ0v) is 14.7. The lowest BCUT2D eigenvalue weighted by molar-refractivity contribution is 0.0638. The lowest BCUT2D eigenvalue weighted by Gasteiger charge is -2.36. The normalized spacial score (nSPS) is 16.2. The predicted octanol–water partition coefficient (Wildman–Crippen LogP) is 2.84. The fourth-order valence-corrected chi connectivity index (χ4v) is 3.38. The summed E-state index contributed by atoms with van der Waals surface area (Å²) >= 11 is 5.89. The van der Waals surface area contributed by atoms with Gasteiger partial charge in [0, 0.05) is 51.3 Å². The molecule has 3 heterocycles. The van der Waals surface area contributed by atoms with Gasteiger partial charge in [0.05, 0.1) is 5.02 Å². The van der Waals surface area contributed by atoms with Gasteiger partial charge >= 0.3 is 0 Å². The highest BCUT2D eigenvalue weighted by atomic mass is 35.5. The van der Waals surface area contributed by atoms with Crippen LogP contribution in [0, 0.1) is 0 Å². The van der Waals surface area contributed by atoms with E-state index in [1.807, 2.05) is 24.3 Å². The third-order valence-electron chi connectivity index (χ3n) is 4.77. The number of nitrogens with zero attached hydrogens (tertiary/aromatic N) is 3. The van der Waals surface area contributed by atoms with Gasteiger partial charge in [-0.25, -0.2) is 0 Å². The maximum Gasteiger partial charge on any atom is 0.270 e. The van der Waals surface area contributed by atoms with E-state index in [0.717, 1.165) is 38.9 Å². The summed E-state index contributed by atoms with van der Waals surface area (Å²) in [6, 6.07) is 6.11.